The zero-order valence-electron chi connectivity index (χ0n) is 33.0. The number of fused-ring (bicyclic) bond motifs is 2. The van der Waals surface area contributed by atoms with Crippen molar-refractivity contribution in [2.45, 2.75) is 88.4 Å². The van der Waals surface area contributed by atoms with Crippen LogP contribution in [0, 0.1) is 13.8 Å². The van der Waals surface area contributed by atoms with Crippen molar-refractivity contribution in [3.63, 3.8) is 0 Å². The molecule has 0 spiro atoms. The van der Waals surface area contributed by atoms with E-state index >= 15 is 0 Å². The molecule has 8 rings (SSSR count). The summed E-state index contributed by atoms with van der Waals surface area (Å²) in [6.07, 6.45) is -7.91. The number of ether oxygens (including phenoxy) is 3. The van der Waals surface area contributed by atoms with E-state index in [0.29, 0.717) is 11.0 Å². The van der Waals surface area contributed by atoms with Gasteiger partial charge in [-0.25, -0.2) is 28.7 Å². The van der Waals surface area contributed by atoms with Crippen molar-refractivity contribution < 1.29 is 61.4 Å². The summed E-state index contributed by atoms with van der Waals surface area (Å²) in [6, 6.07) is 2.98. The third-order valence-electron chi connectivity index (χ3n) is 10.7. The second kappa shape index (κ2) is 17.2. The van der Waals surface area contributed by atoms with Gasteiger partial charge in [-0.1, -0.05) is 0 Å². The Bertz CT molecular complexity index is 2970. The van der Waals surface area contributed by atoms with Crippen LogP contribution < -0.4 is 33.8 Å². The fourth-order valence-corrected chi connectivity index (χ4v) is 9.48. The zero-order chi connectivity index (χ0) is 45.1. The van der Waals surface area contributed by atoms with Crippen LogP contribution in [0.15, 0.2) is 54.8 Å². The maximum atomic E-state index is 13.5. The van der Waals surface area contributed by atoms with Crippen molar-refractivity contribution in [3.8, 4) is 0 Å². The van der Waals surface area contributed by atoms with Crippen molar-refractivity contribution >= 4 is 43.5 Å². The Morgan fingerprint density at radius 1 is 0.746 bits per heavy atom. The number of imidazole rings is 1. The average Bonchev–Trinajstić information content (AvgIpc) is 4.00. The number of aliphatic hydroxyl groups is 2. The van der Waals surface area contributed by atoms with Gasteiger partial charge in [-0.3, -0.25) is 56.6 Å². The highest BCUT2D eigenvalue weighted by atomic mass is 31.2. The van der Waals surface area contributed by atoms with Crippen LogP contribution in [-0.4, -0.2) is 115 Å². The minimum absolute atomic E-state index is 0.139. The number of nitrogens with one attached hydrogen (secondary N) is 3. The van der Waals surface area contributed by atoms with Gasteiger partial charge < -0.3 is 44.5 Å². The molecular formula is C34H41N9O18P2. The van der Waals surface area contributed by atoms with Gasteiger partial charge in [0.05, 0.1) is 54.2 Å². The van der Waals surface area contributed by atoms with E-state index < -0.39 is 119 Å². The first-order chi connectivity index (χ1) is 29.8. The quantitative estimate of drug-likeness (QED) is 0.0606. The van der Waals surface area contributed by atoms with E-state index in [4.69, 9.17) is 38.0 Å². The Morgan fingerprint density at radius 2 is 1.27 bits per heavy atom. The summed E-state index contributed by atoms with van der Waals surface area (Å²) in [5.41, 5.74) is 3.66. The summed E-state index contributed by atoms with van der Waals surface area (Å²) >= 11 is 0. The number of H-pyrrole nitrogens is 3. The second-order valence-electron chi connectivity index (χ2n) is 15.1. The van der Waals surface area contributed by atoms with E-state index in [1.165, 1.54) is 49.3 Å². The molecule has 0 radical (unpaired) electrons. The number of hydrogen-bond acceptors (Lipinski definition) is 19. The molecule has 11 atom stereocenters. The fraction of sp³-hybridized carbons (Fsp3) is 0.500. The summed E-state index contributed by atoms with van der Waals surface area (Å²) < 4.78 is 69.6. The van der Waals surface area contributed by atoms with Crippen molar-refractivity contribution in [2.75, 3.05) is 25.6 Å². The number of aryl methyl sites for hydroxylation is 2. The van der Waals surface area contributed by atoms with Crippen molar-refractivity contribution in [2.24, 2.45) is 0 Å². The van der Waals surface area contributed by atoms with Crippen molar-refractivity contribution in [1.82, 2.24) is 38.6 Å². The van der Waals surface area contributed by atoms with Crippen LogP contribution in [0.3, 0.4) is 0 Å². The highest BCUT2D eigenvalue weighted by molar-refractivity contribution is 7.47. The summed E-state index contributed by atoms with van der Waals surface area (Å²) in [5.74, 6) is -0.146. The van der Waals surface area contributed by atoms with Crippen LogP contribution in [0.5, 0.6) is 0 Å². The lowest BCUT2D eigenvalue weighted by molar-refractivity contribution is -0.0609. The van der Waals surface area contributed by atoms with Crippen LogP contribution in [0.25, 0.3) is 21.9 Å². The lowest BCUT2D eigenvalue weighted by Gasteiger charge is -2.24. The molecule has 5 aromatic rings. The van der Waals surface area contributed by atoms with Gasteiger partial charge in [0.15, 0.2) is 0 Å². The first-order valence-electron chi connectivity index (χ1n) is 19.1. The molecule has 0 bridgehead atoms. The predicted molar refractivity (Wildman–Crippen MR) is 212 cm³/mol. The van der Waals surface area contributed by atoms with Gasteiger partial charge in [0.2, 0.25) is 5.95 Å². The Kier molecular flexibility index (Phi) is 12.2. The van der Waals surface area contributed by atoms with Crippen LogP contribution in [0.2, 0.25) is 0 Å². The molecule has 29 heteroatoms. The highest BCUT2D eigenvalue weighted by Crippen LogP contribution is 2.52. The van der Waals surface area contributed by atoms with Crippen molar-refractivity contribution in [1.29, 1.82) is 0 Å². The van der Waals surface area contributed by atoms with Crippen LogP contribution in [0.1, 0.15) is 49.1 Å². The molecule has 0 amide bonds. The number of rotatable bonds is 14. The Hall–Kier alpha value is -4.99. The third kappa shape index (κ3) is 9.33. The molecule has 3 aliphatic heterocycles. The molecule has 1 aromatic carbocycles. The lowest BCUT2D eigenvalue weighted by atomic mass is 10.2. The number of hydrogen-bond donors (Lipinski definition) is 8. The molecule has 27 nitrogen and oxygen atoms in total. The number of aliphatic hydroxyl groups excluding tert-OH is 2. The van der Waals surface area contributed by atoms with E-state index in [9.17, 15) is 53.1 Å². The summed E-state index contributed by atoms with van der Waals surface area (Å²) in [6.45, 7) is 0.689. The molecule has 4 aromatic heterocycles. The van der Waals surface area contributed by atoms with E-state index in [2.05, 4.69) is 24.9 Å². The van der Waals surface area contributed by atoms with Gasteiger partial charge in [0, 0.05) is 42.8 Å². The number of aromatic nitrogens is 8. The molecular weight excluding hydrogens is 884 g/mol. The maximum absolute atomic E-state index is 13.5. The topological polar surface area (TPSA) is 379 Å². The summed E-state index contributed by atoms with van der Waals surface area (Å²) in [7, 11) is -10.2. The molecule has 3 fully saturated rings. The number of aromatic amines is 3. The third-order valence-corrected chi connectivity index (χ3v) is 12.8. The summed E-state index contributed by atoms with van der Waals surface area (Å²) in [5, 5.41) is 20.8. The largest absolute Gasteiger partial charge is 0.472 e. The van der Waals surface area contributed by atoms with E-state index in [1.54, 1.807) is 0 Å². The minimum Gasteiger partial charge on any atom is -0.394 e. The Morgan fingerprint density at radius 3 is 1.87 bits per heavy atom. The number of nitrogens with zero attached hydrogens (tertiary/aromatic N) is 5. The van der Waals surface area contributed by atoms with Crippen LogP contribution in [0.4, 0.5) is 5.95 Å². The van der Waals surface area contributed by atoms with Gasteiger partial charge in [0.25, 0.3) is 16.7 Å². The van der Waals surface area contributed by atoms with E-state index in [1.807, 2.05) is 0 Å². The van der Waals surface area contributed by atoms with Gasteiger partial charge in [-0.2, -0.15) is 0 Å². The number of anilines is 1. The molecule has 0 aliphatic carbocycles. The number of benzene rings is 1. The van der Waals surface area contributed by atoms with Gasteiger partial charge >= 0.3 is 27.0 Å². The monoisotopic (exact) mass is 925 g/mol. The van der Waals surface area contributed by atoms with E-state index in [0.717, 1.165) is 9.13 Å². The van der Waals surface area contributed by atoms with Crippen LogP contribution in [-0.2, 0) is 41.4 Å². The Balaban J connectivity index is 0.992. The molecule has 7 heterocycles. The zero-order valence-corrected chi connectivity index (χ0v) is 34.8. The number of phosphoric acid groups is 2. The average molecular weight is 926 g/mol. The van der Waals surface area contributed by atoms with Gasteiger partial charge in [-0.15, -0.1) is 0 Å². The molecule has 3 aliphatic rings. The number of nitrogens with two attached hydrogens (primary N) is 1. The van der Waals surface area contributed by atoms with Gasteiger partial charge in [0.1, 0.15) is 49.2 Å². The van der Waals surface area contributed by atoms with Crippen molar-refractivity contribution in [3.05, 3.63) is 94.0 Å². The standard InChI is InChI=1S/C34H41N9O18P2/c1-14-8-41(33(49)39-29(14)46)26-5-20(45)24(58-26)11-55-62(51,52)61-22-7-28(43-13-36-18-3-16-17(4-19(18)43)37-32(35)38-31(16)48)59-25(22)12-56-63(53,54)60-21-6-27(57-23(21)10-44)42-9-15(2)30(47)40-34(42)50/h3-4,8-9,13,20-28,44-45H,5-7,10-12H2,1-2H3,(H,51,52)(H,53,54)(H,39,46,49)(H,40,47,50)(H3,35,37,38,48)/t20-,21-,22-,23+,24+,25+,26+,27+,28+/m0/s1. The first kappa shape index (κ1) is 44.6. The second-order valence-corrected chi connectivity index (χ2v) is 17.9. The molecule has 2 unspecified atom stereocenters. The highest BCUT2D eigenvalue weighted by Gasteiger charge is 2.46. The molecule has 9 N–H and O–H groups in total. The minimum atomic E-state index is -5.10. The molecule has 3 saturated heterocycles. The van der Waals surface area contributed by atoms with E-state index in [-0.39, 0.29) is 47.2 Å². The normalized spacial score (nSPS) is 28.2. The molecule has 63 heavy (non-hydrogen) atoms. The number of nitrogen functional groups attached to an aromatic ring is 1. The molecule has 0 saturated carbocycles. The predicted octanol–water partition coefficient (Wildman–Crippen LogP) is -1.21. The number of phosphoric ester groups is 2. The van der Waals surface area contributed by atoms with Crippen LogP contribution >= 0.6 is 15.6 Å². The molecule has 340 valence electrons. The van der Waals surface area contributed by atoms with Gasteiger partial charge in [-0.05, 0) is 26.0 Å². The first-order valence-corrected chi connectivity index (χ1v) is 22.1. The smallest absolute Gasteiger partial charge is 0.394 e. The summed E-state index contributed by atoms with van der Waals surface area (Å²) in [4.78, 5) is 98.1. The maximum Gasteiger partial charge on any atom is 0.472 e. The fourth-order valence-electron chi connectivity index (χ4n) is 7.56. The SMILES string of the molecule is Cc1cn([C@H]2C[C@H](OP(=O)(O)OC[C@H]3O[C@@H](n4cnc5cc6c(=O)[nH]c(N)nc6cc54)C[C@@H]3OP(=O)(O)OC[C@H]3O[C@@H](n4cc(C)c(=O)[nH]c4=O)C[C@@H]3O)[C@@H](CO)O2)c(=O)[nH]c1=O. The Labute approximate surface area is 351 Å². The lowest BCUT2D eigenvalue weighted by Crippen LogP contribution is -2.33.